The zero-order chi connectivity index (χ0) is 20.2. The first-order chi connectivity index (χ1) is 12.6. The van der Waals surface area contributed by atoms with Gasteiger partial charge >= 0.3 is 6.03 Å². The van der Waals surface area contributed by atoms with Crippen LogP contribution in [0.2, 0.25) is 5.02 Å². The van der Waals surface area contributed by atoms with Gasteiger partial charge in [-0.05, 0) is 36.2 Å². The van der Waals surface area contributed by atoms with Crippen molar-refractivity contribution in [1.82, 2.24) is 14.5 Å². The minimum Gasteiger partial charge on any atom is -0.334 e. The summed E-state index contributed by atoms with van der Waals surface area (Å²) in [7, 11) is 1.05. The summed E-state index contributed by atoms with van der Waals surface area (Å²) in [6, 6.07) is 13.5. The van der Waals surface area contributed by atoms with Gasteiger partial charge < -0.3 is 10.2 Å². The van der Waals surface area contributed by atoms with Crippen molar-refractivity contribution >= 4 is 27.7 Å². The van der Waals surface area contributed by atoms with Crippen LogP contribution in [-0.4, -0.2) is 44.8 Å². The van der Waals surface area contributed by atoms with Crippen molar-refractivity contribution in [2.45, 2.75) is 24.4 Å². The fourth-order valence-corrected chi connectivity index (χ4v) is 3.87. The highest BCUT2D eigenvalue weighted by atomic mass is 35.5. The Kier molecular flexibility index (Phi) is 6.86. The van der Waals surface area contributed by atoms with Crippen LogP contribution in [-0.2, 0) is 16.6 Å². The summed E-state index contributed by atoms with van der Waals surface area (Å²) in [5.74, 6) is 0. The molecule has 0 heterocycles. The predicted octanol–water partition coefficient (Wildman–Crippen LogP) is 3.49. The lowest BCUT2D eigenvalue weighted by atomic mass is 10.1. The molecule has 1 N–H and O–H groups in total. The van der Waals surface area contributed by atoms with E-state index >= 15 is 0 Å². The van der Waals surface area contributed by atoms with Gasteiger partial charge in [0.05, 0.1) is 10.9 Å². The zero-order valence-electron chi connectivity index (χ0n) is 15.8. The van der Waals surface area contributed by atoms with Gasteiger partial charge in [0, 0.05) is 32.7 Å². The number of sulfonamides is 1. The molecule has 0 aliphatic rings. The first-order valence-electron chi connectivity index (χ1n) is 8.41. The van der Waals surface area contributed by atoms with Crippen LogP contribution in [0, 0.1) is 0 Å². The Morgan fingerprint density at radius 3 is 2.41 bits per heavy atom. The van der Waals surface area contributed by atoms with Gasteiger partial charge in [0.15, 0.2) is 0 Å². The standard InChI is InChI=1S/C19H24ClN3O3S/c1-14(15-9-7-10-17(20)12-15)23(4)19(24)21-13-16-8-5-6-11-18(16)27(25,26)22(2)3/h5-12,14H,13H2,1-4H3,(H,21,24). The fourth-order valence-electron chi connectivity index (χ4n) is 2.56. The van der Waals surface area contributed by atoms with E-state index in [2.05, 4.69) is 5.32 Å². The average Bonchev–Trinajstić information content (AvgIpc) is 2.64. The largest absolute Gasteiger partial charge is 0.334 e. The molecule has 0 bridgehead atoms. The first-order valence-corrected chi connectivity index (χ1v) is 10.2. The molecule has 0 spiro atoms. The minimum atomic E-state index is -3.59. The molecule has 146 valence electrons. The van der Waals surface area contributed by atoms with E-state index in [4.69, 9.17) is 11.6 Å². The van der Waals surface area contributed by atoms with Crippen LogP contribution in [0.1, 0.15) is 24.1 Å². The molecule has 0 radical (unpaired) electrons. The van der Waals surface area contributed by atoms with Crippen molar-refractivity contribution in [1.29, 1.82) is 0 Å². The maximum atomic E-state index is 12.5. The van der Waals surface area contributed by atoms with Crippen molar-refractivity contribution in [3.8, 4) is 0 Å². The molecule has 1 unspecified atom stereocenters. The average molecular weight is 410 g/mol. The number of benzene rings is 2. The number of nitrogens with one attached hydrogen (secondary N) is 1. The molecule has 0 aromatic heterocycles. The van der Waals surface area contributed by atoms with Gasteiger partial charge in [0.1, 0.15) is 0 Å². The predicted molar refractivity (Wildman–Crippen MR) is 107 cm³/mol. The van der Waals surface area contributed by atoms with Crippen LogP contribution in [0.5, 0.6) is 0 Å². The van der Waals surface area contributed by atoms with E-state index < -0.39 is 10.0 Å². The van der Waals surface area contributed by atoms with Gasteiger partial charge in [-0.15, -0.1) is 0 Å². The highest BCUT2D eigenvalue weighted by molar-refractivity contribution is 7.89. The molecule has 0 fully saturated rings. The van der Waals surface area contributed by atoms with Crippen LogP contribution < -0.4 is 5.32 Å². The third kappa shape index (κ3) is 5.00. The maximum Gasteiger partial charge on any atom is 0.317 e. The van der Waals surface area contributed by atoms with Gasteiger partial charge in [-0.3, -0.25) is 0 Å². The van der Waals surface area contributed by atoms with Crippen molar-refractivity contribution in [2.24, 2.45) is 0 Å². The van der Waals surface area contributed by atoms with Gasteiger partial charge in [-0.25, -0.2) is 17.5 Å². The second kappa shape index (κ2) is 8.73. The van der Waals surface area contributed by atoms with E-state index in [-0.39, 0.29) is 23.5 Å². The Morgan fingerprint density at radius 1 is 1.11 bits per heavy atom. The SMILES string of the molecule is CC(c1cccc(Cl)c1)N(C)C(=O)NCc1ccccc1S(=O)(=O)N(C)C. The van der Waals surface area contributed by atoms with Crippen LogP contribution >= 0.6 is 11.6 Å². The highest BCUT2D eigenvalue weighted by Gasteiger charge is 2.22. The van der Waals surface area contributed by atoms with Gasteiger partial charge in [-0.2, -0.15) is 0 Å². The molecule has 8 heteroatoms. The molecule has 6 nitrogen and oxygen atoms in total. The molecule has 2 amide bonds. The number of urea groups is 1. The number of rotatable bonds is 6. The molecule has 2 aromatic carbocycles. The molecule has 1 atom stereocenters. The Labute approximate surface area is 165 Å². The highest BCUT2D eigenvalue weighted by Crippen LogP contribution is 2.22. The monoisotopic (exact) mass is 409 g/mol. The molecule has 0 aliphatic carbocycles. The molecule has 27 heavy (non-hydrogen) atoms. The van der Waals surface area contributed by atoms with Crippen molar-refractivity contribution in [3.63, 3.8) is 0 Å². The number of nitrogens with zero attached hydrogens (tertiary/aromatic N) is 2. The van der Waals surface area contributed by atoms with Crippen molar-refractivity contribution in [2.75, 3.05) is 21.1 Å². The van der Waals surface area contributed by atoms with E-state index in [1.54, 1.807) is 36.2 Å². The lowest BCUT2D eigenvalue weighted by molar-refractivity contribution is 0.194. The van der Waals surface area contributed by atoms with E-state index in [1.165, 1.54) is 20.2 Å². The molecular formula is C19H24ClN3O3S. The van der Waals surface area contributed by atoms with Gasteiger partial charge in [0.25, 0.3) is 0 Å². The number of carbonyl (C=O) groups excluding carboxylic acids is 1. The van der Waals surface area contributed by atoms with Crippen molar-refractivity contribution < 1.29 is 13.2 Å². The molecule has 0 saturated carbocycles. The Morgan fingerprint density at radius 2 is 1.78 bits per heavy atom. The number of carbonyl (C=O) groups is 1. The summed E-state index contributed by atoms with van der Waals surface area (Å²) in [6.07, 6.45) is 0. The smallest absolute Gasteiger partial charge is 0.317 e. The van der Waals surface area contributed by atoms with Crippen LogP contribution in [0.3, 0.4) is 0 Å². The Hall–Kier alpha value is -2.09. The zero-order valence-corrected chi connectivity index (χ0v) is 17.4. The fraction of sp³-hybridized carbons (Fsp3) is 0.316. The minimum absolute atomic E-state index is 0.106. The third-order valence-corrected chi connectivity index (χ3v) is 6.54. The van der Waals surface area contributed by atoms with Crippen LogP contribution in [0.4, 0.5) is 4.79 Å². The summed E-state index contributed by atoms with van der Waals surface area (Å²) in [5, 5.41) is 3.39. The third-order valence-electron chi connectivity index (χ3n) is 4.39. The Balaban J connectivity index is 2.12. The summed E-state index contributed by atoms with van der Waals surface area (Å²) in [6.45, 7) is 2.00. The lowest BCUT2D eigenvalue weighted by Gasteiger charge is -2.26. The van der Waals surface area contributed by atoms with Crippen LogP contribution in [0.15, 0.2) is 53.4 Å². The first kappa shape index (κ1) is 21.2. The summed E-state index contributed by atoms with van der Waals surface area (Å²) >= 11 is 6.02. The Bertz CT molecular complexity index is 916. The normalized spacial score (nSPS) is 12.7. The molecule has 0 saturated heterocycles. The quantitative estimate of drug-likeness (QED) is 0.793. The number of hydrogen-bond acceptors (Lipinski definition) is 3. The molecule has 2 rings (SSSR count). The van der Waals surface area contributed by atoms with E-state index in [0.29, 0.717) is 10.6 Å². The maximum absolute atomic E-state index is 12.5. The summed E-state index contributed by atoms with van der Waals surface area (Å²) in [5.41, 5.74) is 1.44. The number of halogens is 1. The van der Waals surface area contributed by atoms with E-state index in [1.807, 2.05) is 25.1 Å². The second-order valence-electron chi connectivity index (χ2n) is 6.40. The summed E-state index contributed by atoms with van der Waals surface area (Å²) in [4.78, 5) is 14.3. The summed E-state index contributed by atoms with van der Waals surface area (Å²) < 4.78 is 26.0. The van der Waals surface area contributed by atoms with E-state index in [9.17, 15) is 13.2 Å². The molecule has 0 aliphatic heterocycles. The lowest BCUT2D eigenvalue weighted by Crippen LogP contribution is -2.38. The number of amides is 2. The topological polar surface area (TPSA) is 69.7 Å². The molecule has 2 aromatic rings. The van der Waals surface area contributed by atoms with Crippen molar-refractivity contribution in [3.05, 3.63) is 64.7 Å². The van der Waals surface area contributed by atoms with Gasteiger partial charge in [-0.1, -0.05) is 41.9 Å². The van der Waals surface area contributed by atoms with E-state index in [0.717, 1.165) is 9.87 Å². The number of hydrogen-bond donors (Lipinski definition) is 1. The van der Waals surface area contributed by atoms with Crippen LogP contribution in [0.25, 0.3) is 0 Å². The second-order valence-corrected chi connectivity index (χ2v) is 8.95. The molecular weight excluding hydrogens is 386 g/mol. The van der Waals surface area contributed by atoms with Gasteiger partial charge in [0.2, 0.25) is 10.0 Å².